The van der Waals surface area contributed by atoms with Crippen molar-refractivity contribution in [2.24, 2.45) is 5.92 Å². The minimum absolute atomic E-state index is 0.165. The highest BCUT2D eigenvalue weighted by Gasteiger charge is 2.20. The van der Waals surface area contributed by atoms with Gasteiger partial charge >= 0.3 is 0 Å². The summed E-state index contributed by atoms with van der Waals surface area (Å²) in [4.78, 5) is 25.2. The molecule has 0 aliphatic rings. The van der Waals surface area contributed by atoms with Crippen LogP contribution >= 0.6 is 15.9 Å². The fraction of sp³-hybridized carbons (Fsp3) is 0.217. The quantitative estimate of drug-likeness (QED) is 0.482. The van der Waals surface area contributed by atoms with Gasteiger partial charge in [0.1, 0.15) is 5.75 Å². The van der Waals surface area contributed by atoms with Crippen LogP contribution in [0.3, 0.4) is 0 Å². The fourth-order valence-corrected chi connectivity index (χ4v) is 3.34. The average Bonchev–Trinajstić information content (AvgIpc) is 3.18. The second-order valence-electron chi connectivity index (χ2n) is 7.11. The lowest BCUT2D eigenvalue weighted by molar-refractivity contribution is 0.0924. The highest BCUT2D eigenvalue weighted by atomic mass is 79.9. The van der Waals surface area contributed by atoms with E-state index in [9.17, 15) is 9.59 Å². The molecule has 1 atom stereocenters. The van der Waals surface area contributed by atoms with Gasteiger partial charge in [0.05, 0.1) is 13.2 Å². The van der Waals surface area contributed by atoms with E-state index in [1.165, 1.54) is 0 Å². The standard InChI is InChI=1S/C23H23BrN2O4/c1-14(2)21(15-7-9-18(29-3)10-8-15)26-22(27)16-5-4-6-17(13-16)25-23(28)19-11-12-20(24)30-19/h4-14,21H,1-3H3,(H,25,28)(H,26,27). The summed E-state index contributed by atoms with van der Waals surface area (Å²) in [5.41, 5.74) is 1.95. The number of nitrogens with one attached hydrogen (secondary N) is 2. The van der Waals surface area contributed by atoms with E-state index in [1.54, 1.807) is 43.5 Å². The number of furan rings is 1. The Morgan fingerprint density at radius 1 is 1.00 bits per heavy atom. The van der Waals surface area contributed by atoms with Crippen LogP contribution in [-0.2, 0) is 0 Å². The number of halogens is 1. The zero-order valence-corrected chi connectivity index (χ0v) is 18.5. The van der Waals surface area contributed by atoms with Gasteiger partial charge < -0.3 is 19.8 Å². The number of benzene rings is 2. The molecule has 3 rings (SSSR count). The van der Waals surface area contributed by atoms with Gasteiger partial charge in [-0.25, -0.2) is 0 Å². The number of hydrogen-bond acceptors (Lipinski definition) is 4. The van der Waals surface area contributed by atoms with Crippen molar-refractivity contribution in [3.63, 3.8) is 0 Å². The molecule has 2 amide bonds. The van der Waals surface area contributed by atoms with Crippen molar-refractivity contribution < 1.29 is 18.7 Å². The van der Waals surface area contributed by atoms with E-state index in [-0.39, 0.29) is 23.6 Å². The summed E-state index contributed by atoms with van der Waals surface area (Å²) in [5.74, 6) is 0.510. The summed E-state index contributed by atoms with van der Waals surface area (Å²) in [7, 11) is 1.62. The van der Waals surface area contributed by atoms with Crippen LogP contribution in [-0.4, -0.2) is 18.9 Å². The summed E-state index contributed by atoms with van der Waals surface area (Å²) in [6.07, 6.45) is 0. The van der Waals surface area contributed by atoms with Crippen molar-refractivity contribution in [1.29, 1.82) is 0 Å². The third-order valence-electron chi connectivity index (χ3n) is 4.61. The predicted molar refractivity (Wildman–Crippen MR) is 119 cm³/mol. The number of rotatable bonds is 7. The SMILES string of the molecule is COc1ccc(C(NC(=O)c2cccc(NC(=O)c3ccc(Br)o3)c2)C(C)C)cc1. The molecule has 1 aromatic heterocycles. The number of methoxy groups -OCH3 is 1. The zero-order chi connectivity index (χ0) is 21.7. The molecule has 0 fully saturated rings. The van der Waals surface area contributed by atoms with Gasteiger partial charge in [-0.05, 0) is 69.9 Å². The van der Waals surface area contributed by atoms with Gasteiger partial charge in [0.25, 0.3) is 11.8 Å². The van der Waals surface area contributed by atoms with Gasteiger partial charge in [0, 0.05) is 11.3 Å². The van der Waals surface area contributed by atoms with Crippen molar-refractivity contribution in [3.05, 3.63) is 82.2 Å². The Balaban J connectivity index is 1.73. The van der Waals surface area contributed by atoms with E-state index in [0.717, 1.165) is 11.3 Å². The minimum Gasteiger partial charge on any atom is -0.497 e. The second-order valence-corrected chi connectivity index (χ2v) is 7.89. The van der Waals surface area contributed by atoms with Crippen molar-refractivity contribution >= 4 is 33.4 Å². The molecule has 6 nitrogen and oxygen atoms in total. The first-order chi connectivity index (χ1) is 14.4. The molecule has 30 heavy (non-hydrogen) atoms. The van der Waals surface area contributed by atoms with E-state index in [1.807, 2.05) is 38.1 Å². The molecule has 3 aromatic rings. The molecule has 0 aliphatic carbocycles. The maximum Gasteiger partial charge on any atom is 0.291 e. The number of carbonyl (C=O) groups is 2. The topological polar surface area (TPSA) is 80.6 Å². The Bertz CT molecular complexity index is 1030. The molecule has 2 aromatic carbocycles. The van der Waals surface area contributed by atoms with E-state index in [4.69, 9.17) is 9.15 Å². The first-order valence-corrected chi connectivity index (χ1v) is 10.3. The first kappa shape index (κ1) is 21.6. The van der Waals surface area contributed by atoms with Crippen LogP contribution in [0.15, 0.2) is 69.8 Å². The molecule has 0 saturated heterocycles. The Morgan fingerprint density at radius 2 is 1.73 bits per heavy atom. The highest BCUT2D eigenvalue weighted by Crippen LogP contribution is 2.25. The van der Waals surface area contributed by atoms with Gasteiger partial charge in [0.2, 0.25) is 0 Å². The molecule has 0 saturated carbocycles. The van der Waals surface area contributed by atoms with Crippen LogP contribution in [0.1, 0.15) is 46.4 Å². The molecular weight excluding hydrogens is 448 g/mol. The molecule has 156 valence electrons. The molecule has 1 unspecified atom stereocenters. The molecule has 1 heterocycles. The summed E-state index contributed by atoms with van der Waals surface area (Å²) in [6.45, 7) is 4.10. The van der Waals surface area contributed by atoms with Crippen LogP contribution in [0.4, 0.5) is 5.69 Å². The molecule has 0 radical (unpaired) electrons. The van der Waals surface area contributed by atoms with Crippen LogP contribution in [0.25, 0.3) is 0 Å². The van der Waals surface area contributed by atoms with E-state index in [0.29, 0.717) is 15.9 Å². The monoisotopic (exact) mass is 470 g/mol. The maximum absolute atomic E-state index is 12.9. The van der Waals surface area contributed by atoms with Crippen LogP contribution in [0.2, 0.25) is 0 Å². The average molecular weight is 471 g/mol. The minimum atomic E-state index is -0.392. The summed E-state index contributed by atoms with van der Waals surface area (Å²) in [5, 5.41) is 5.82. The van der Waals surface area contributed by atoms with Crippen LogP contribution in [0.5, 0.6) is 5.75 Å². The van der Waals surface area contributed by atoms with E-state index < -0.39 is 5.91 Å². The number of anilines is 1. The molecule has 0 aliphatic heterocycles. The number of carbonyl (C=O) groups excluding carboxylic acids is 2. The summed E-state index contributed by atoms with van der Waals surface area (Å²) >= 11 is 3.17. The highest BCUT2D eigenvalue weighted by molar-refractivity contribution is 9.10. The summed E-state index contributed by atoms with van der Waals surface area (Å²) < 4.78 is 10.9. The van der Waals surface area contributed by atoms with E-state index >= 15 is 0 Å². The summed E-state index contributed by atoms with van der Waals surface area (Å²) in [6, 6.07) is 17.5. The Morgan fingerprint density at radius 3 is 2.33 bits per heavy atom. The van der Waals surface area contributed by atoms with Crippen LogP contribution < -0.4 is 15.4 Å². The Labute approximate surface area is 183 Å². The molecule has 7 heteroatoms. The predicted octanol–water partition coefficient (Wildman–Crippen LogP) is 5.43. The van der Waals surface area contributed by atoms with Crippen molar-refractivity contribution in [2.75, 3.05) is 12.4 Å². The molecule has 0 bridgehead atoms. The molecule has 0 spiro atoms. The normalized spacial score (nSPS) is 11.8. The Kier molecular flexibility index (Phi) is 6.95. The van der Waals surface area contributed by atoms with Gasteiger partial charge in [-0.1, -0.05) is 32.0 Å². The smallest absolute Gasteiger partial charge is 0.291 e. The number of ether oxygens (including phenoxy) is 1. The first-order valence-electron chi connectivity index (χ1n) is 9.49. The lowest BCUT2D eigenvalue weighted by Crippen LogP contribution is -2.31. The van der Waals surface area contributed by atoms with Gasteiger partial charge in [-0.15, -0.1) is 0 Å². The number of hydrogen-bond donors (Lipinski definition) is 2. The number of amides is 2. The lowest BCUT2D eigenvalue weighted by atomic mass is 9.95. The van der Waals surface area contributed by atoms with Gasteiger partial charge in [-0.3, -0.25) is 9.59 Å². The lowest BCUT2D eigenvalue weighted by Gasteiger charge is -2.23. The fourth-order valence-electron chi connectivity index (χ4n) is 3.04. The van der Waals surface area contributed by atoms with Crippen LogP contribution in [0, 0.1) is 5.92 Å². The van der Waals surface area contributed by atoms with Crippen molar-refractivity contribution in [3.8, 4) is 5.75 Å². The third-order valence-corrected chi connectivity index (χ3v) is 5.03. The van der Waals surface area contributed by atoms with Gasteiger partial charge in [-0.2, -0.15) is 0 Å². The second kappa shape index (κ2) is 9.63. The van der Waals surface area contributed by atoms with Crippen molar-refractivity contribution in [1.82, 2.24) is 5.32 Å². The Hall–Kier alpha value is -3.06. The van der Waals surface area contributed by atoms with Crippen molar-refractivity contribution in [2.45, 2.75) is 19.9 Å². The largest absolute Gasteiger partial charge is 0.497 e. The maximum atomic E-state index is 12.9. The molecule has 2 N–H and O–H groups in total. The van der Waals surface area contributed by atoms with Gasteiger partial charge in [0.15, 0.2) is 10.4 Å². The zero-order valence-electron chi connectivity index (χ0n) is 16.9. The van der Waals surface area contributed by atoms with E-state index in [2.05, 4.69) is 26.6 Å². The third kappa shape index (κ3) is 5.30. The molecular formula is C23H23BrN2O4.